The van der Waals surface area contributed by atoms with Crippen LogP contribution in [0.5, 0.6) is 5.75 Å². The molecule has 0 radical (unpaired) electrons. The lowest BCUT2D eigenvalue weighted by molar-refractivity contribution is 0.216. The molecule has 0 amide bonds. The van der Waals surface area contributed by atoms with Gasteiger partial charge < -0.3 is 10.5 Å². The summed E-state index contributed by atoms with van der Waals surface area (Å²) in [5, 5.41) is 0.698. The second-order valence-corrected chi connectivity index (χ2v) is 6.08. The van der Waals surface area contributed by atoms with Gasteiger partial charge in [-0.2, -0.15) is 0 Å². The minimum atomic E-state index is -0.178. The van der Waals surface area contributed by atoms with Crippen LogP contribution in [0.2, 0.25) is 9.36 Å². The molecule has 1 heterocycles. The lowest BCUT2D eigenvalue weighted by atomic mass is 10.2. The van der Waals surface area contributed by atoms with E-state index in [4.69, 9.17) is 33.7 Å². The van der Waals surface area contributed by atoms with Crippen molar-refractivity contribution in [2.24, 2.45) is 5.73 Å². The van der Waals surface area contributed by atoms with E-state index in [1.165, 1.54) is 11.3 Å². The van der Waals surface area contributed by atoms with E-state index in [1.54, 1.807) is 6.07 Å². The lowest BCUT2D eigenvalue weighted by Crippen LogP contribution is -2.17. The van der Waals surface area contributed by atoms with Crippen LogP contribution in [0.1, 0.15) is 16.5 Å². The van der Waals surface area contributed by atoms with Gasteiger partial charge in [0, 0.05) is 16.4 Å². The fraction of sp³-hybridized carbons (Fsp3) is 0.231. The fourth-order valence-electron chi connectivity index (χ4n) is 1.62. The van der Waals surface area contributed by atoms with Crippen LogP contribution in [0.15, 0.2) is 30.3 Å². The first-order valence-corrected chi connectivity index (χ1v) is 7.05. The molecule has 0 bridgehead atoms. The number of hydrogen-bond acceptors (Lipinski definition) is 3. The van der Waals surface area contributed by atoms with E-state index in [1.807, 2.05) is 31.2 Å². The van der Waals surface area contributed by atoms with Gasteiger partial charge in [0.25, 0.3) is 0 Å². The Balaban J connectivity index is 2.20. The maximum Gasteiger partial charge on any atom is 0.145 e. The fourth-order valence-corrected chi connectivity index (χ4v) is 2.95. The third kappa shape index (κ3) is 3.18. The Morgan fingerprint density at radius 1 is 1.28 bits per heavy atom. The van der Waals surface area contributed by atoms with Gasteiger partial charge in [0.2, 0.25) is 0 Å². The van der Waals surface area contributed by atoms with Gasteiger partial charge in [0.05, 0.1) is 4.34 Å². The summed E-state index contributed by atoms with van der Waals surface area (Å²) in [6.45, 7) is 2.36. The van der Waals surface area contributed by atoms with Crippen LogP contribution >= 0.6 is 34.5 Å². The molecule has 1 unspecified atom stereocenters. The van der Waals surface area contributed by atoms with Gasteiger partial charge >= 0.3 is 0 Å². The van der Waals surface area contributed by atoms with Crippen LogP contribution in [0.4, 0.5) is 0 Å². The topological polar surface area (TPSA) is 35.2 Å². The van der Waals surface area contributed by atoms with Gasteiger partial charge in [-0.1, -0.05) is 23.2 Å². The summed E-state index contributed by atoms with van der Waals surface area (Å²) in [6, 6.07) is 9.32. The molecule has 2 rings (SSSR count). The summed E-state index contributed by atoms with van der Waals surface area (Å²) < 4.78 is 6.65. The molecule has 1 aromatic carbocycles. The standard InChI is InChI=1S/C13H13Cl2NOS/c1-8-6-9(14)2-3-10(8)17-11(7-16)12-4-5-13(15)18-12/h2-6,11H,7,16H2,1H3. The summed E-state index contributed by atoms with van der Waals surface area (Å²) in [6.07, 6.45) is -0.178. The molecule has 2 N–H and O–H groups in total. The van der Waals surface area contributed by atoms with Gasteiger partial charge in [-0.15, -0.1) is 11.3 Å². The van der Waals surface area contributed by atoms with Crippen molar-refractivity contribution in [3.63, 3.8) is 0 Å². The van der Waals surface area contributed by atoms with E-state index in [0.29, 0.717) is 11.6 Å². The molecular weight excluding hydrogens is 289 g/mol. The van der Waals surface area contributed by atoms with Crippen molar-refractivity contribution in [3.8, 4) is 5.75 Å². The predicted octanol–water partition coefficient (Wildman–Crippen LogP) is 4.44. The molecule has 0 saturated heterocycles. The molecule has 0 saturated carbocycles. The molecule has 18 heavy (non-hydrogen) atoms. The molecule has 5 heteroatoms. The molecule has 0 aliphatic carbocycles. The Morgan fingerprint density at radius 3 is 2.61 bits per heavy atom. The molecule has 1 atom stereocenters. The molecule has 96 valence electrons. The number of thiophene rings is 1. The summed E-state index contributed by atoms with van der Waals surface area (Å²) >= 11 is 13.3. The maximum atomic E-state index is 5.92. The average Bonchev–Trinajstić information content (AvgIpc) is 2.75. The summed E-state index contributed by atoms with van der Waals surface area (Å²) in [4.78, 5) is 1.02. The first-order chi connectivity index (χ1) is 8.60. The van der Waals surface area contributed by atoms with E-state index < -0.39 is 0 Å². The molecular formula is C13H13Cl2NOS. The average molecular weight is 302 g/mol. The highest BCUT2D eigenvalue weighted by molar-refractivity contribution is 7.16. The summed E-state index contributed by atoms with van der Waals surface area (Å²) in [7, 11) is 0. The molecule has 0 aliphatic rings. The first-order valence-electron chi connectivity index (χ1n) is 5.48. The van der Waals surface area contributed by atoms with E-state index in [9.17, 15) is 0 Å². The number of nitrogens with two attached hydrogens (primary N) is 1. The predicted molar refractivity (Wildman–Crippen MR) is 77.9 cm³/mol. The third-order valence-electron chi connectivity index (χ3n) is 2.53. The highest BCUT2D eigenvalue weighted by Gasteiger charge is 2.15. The monoisotopic (exact) mass is 301 g/mol. The Bertz CT molecular complexity index is 542. The minimum Gasteiger partial charge on any atom is -0.483 e. The van der Waals surface area contributed by atoms with Crippen LogP contribution in [0, 0.1) is 6.92 Å². The zero-order valence-corrected chi connectivity index (χ0v) is 12.1. The SMILES string of the molecule is Cc1cc(Cl)ccc1OC(CN)c1ccc(Cl)s1. The number of ether oxygens (including phenoxy) is 1. The van der Waals surface area contributed by atoms with E-state index >= 15 is 0 Å². The van der Waals surface area contributed by atoms with Crippen LogP contribution in [-0.4, -0.2) is 6.54 Å². The van der Waals surface area contributed by atoms with Crippen molar-refractivity contribution >= 4 is 34.5 Å². The van der Waals surface area contributed by atoms with Crippen molar-refractivity contribution in [3.05, 3.63) is 50.1 Å². The number of aryl methyl sites for hydroxylation is 1. The van der Waals surface area contributed by atoms with E-state index in [2.05, 4.69) is 0 Å². The van der Waals surface area contributed by atoms with E-state index in [0.717, 1.165) is 20.5 Å². The Hall–Kier alpha value is -0.740. The van der Waals surface area contributed by atoms with Gasteiger partial charge in [-0.3, -0.25) is 0 Å². The quantitative estimate of drug-likeness (QED) is 0.906. The number of halogens is 2. The third-order valence-corrected chi connectivity index (χ3v) is 4.09. The van der Waals surface area contributed by atoms with Gasteiger partial charge in [-0.25, -0.2) is 0 Å². The van der Waals surface area contributed by atoms with Crippen LogP contribution in [0.25, 0.3) is 0 Å². The van der Waals surface area contributed by atoms with Crippen molar-refractivity contribution in [2.75, 3.05) is 6.54 Å². The first kappa shape index (κ1) is 13.7. The van der Waals surface area contributed by atoms with Crippen LogP contribution < -0.4 is 10.5 Å². The molecule has 2 nitrogen and oxygen atoms in total. The van der Waals surface area contributed by atoms with E-state index in [-0.39, 0.29) is 6.10 Å². The highest BCUT2D eigenvalue weighted by Crippen LogP contribution is 2.31. The second kappa shape index (κ2) is 5.93. The van der Waals surface area contributed by atoms with Gasteiger partial charge in [0.1, 0.15) is 11.9 Å². The minimum absolute atomic E-state index is 0.178. The van der Waals surface area contributed by atoms with Crippen LogP contribution in [0.3, 0.4) is 0 Å². The van der Waals surface area contributed by atoms with Crippen molar-refractivity contribution < 1.29 is 4.74 Å². The number of benzene rings is 1. The highest BCUT2D eigenvalue weighted by atomic mass is 35.5. The van der Waals surface area contributed by atoms with Gasteiger partial charge in [0.15, 0.2) is 0 Å². The second-order valence-electron chi connectivity index (χ2n) is 3.89. The maximum absolute atomic E-state index is 5.92. The molecule has 2 aromatic rings. The molecule has 0 aliphatic heterocycles. The molecule has 1 aromatic heterocycles. The number of rotatable bonds is 4. The smallest absolute Gasteiger partial charge is 0.145 e. The normalized spacial score (nSPS) is 12.4. The number of hydrogen-bond donors (Lipinski definition) is 1. The Morgan fingerprint density at radius 2 is 2.06 bits per heavy atom. The van der Waals surface area contributed by atoms with Crippen molar-refractivity contribution in [2.45, 2.75) is 13.0 Å². The van der Waals surface area contributed by atoms with Crippen molar-refractivity contribution in [1.29, 1.82) is 0 Å². The zero-order valence-electron chi connectivity index (χ0n) is 9.82. The lowest BCUT2D eigenvalue weighted by Gasteiger charge is -2.17. The largest absolute Gasteiger partial charge is 0.483 e. The summed E-state index contributed by atoms with van der Waals surface area (Å²) in [5.74, 6) is 0.791. The van der Waals surface area contributed by atoms with Crippen molar-refractivity contribution in [1.82, 2.24) is 0 Å². The zero-order chi connectivity index (χ0) is 13.1. The van der Waals surface area contributed by atoms with Gasteiger partial charge in [-0.05, 0) is 42.8 Å². The summed E-state index contributed by atoms with van der Waals surface area (Å²) in [5.41, 5.74) is 6.74. The Kier molecular flexibility index (Phi) is 4.51. The molecule has 0 fully saturated rings. The Labute approximate surface area is 120 Å². The molecule has 0 spiro atoms. The van der Waals surface area contributed by atoms with Crippen LogP contribution in [-0.2, 0) is 0 Å².